The number of hydrogen-bond acceptors (Lipinski definition) is 10. The second-order valence-corrected chi connectivity index (χ2v) is 13.0. The molecule has 6 rings (SSSR count). The van der Waals surface area contributed by atoms with Crippen LogP contribution >= 0.6 is 22.9 Å². The van der Waals surface area contributed by atoms with Gasteiger partial charge in [0.15, 0.2) is 5.94 Å². The maximum atomic E-state index is 12.5. The Morgan fingerprint density at radius 3 is 2.67 bits per heavy atom. The molecule has 1 unspecified atom stereocenters. The smallest absolute Gasteiger partial charge is 0.340 e. The quantitative estimate of drug-likeness (QED) is 0.203. The number of allylic oxidation sites excluding steroid dienone is 2. The van der Waals surface area contributed by atoms with Gasteiger partial charge in [-0.3, -0.25) is 9.88 Å². The molecule has 45 heavy (non-hydrogen) atoms. The molecular formula is C34H37ClN4O5S. The lowest BCUT2D eigenvalue weighted by Gasteiger charge is -2.41. The number of benzene rings is 1. The highest BCUT2D eigenvalue weighted by Gasteiger charge is 2.34. The number of pyridine rings is 1. The van der Waals surface area contributed by atoms with Gasteiger partial charge in [0.05, 0.1) is 35.5 Å². The molecule has 0 amide bonds. The van der Waals surface area contributed by atoms with Crippen LogP contribution in [0.4, 0.5) is 0 Å². The molecule has 0 bridgehead atoms. The van der Waals surface area contributed by atoms with Crippen molar-refractivity contribution in [2.45, 2.75) is 58.1 Å². The minimum atomic E-state index is -0.427. The molecule has 1 aliphatic carbocycles. The fourth-order valence-electron chi connectivity index (χ4n) is 6.70. The number of aliphatic imine (C=N–C) groups is 1. The van der Waals surface area contributed by atoms with Crippen LogP contribution in [-0.2, 0) is 14.3 Å². The number of thiophene rings is 1. The predicted octanol–water partition coefficient (Wildman–Crippen LogP) is 6.46. The topological polar surface area (TPSA) is 93.6 Å². The van der Waals surface area contributed by atoms with Crippen LogP contribution in [0, 0.1) is 6.92 Å². The van der Waals surface area contributed by atoms with Gasteiger partial charge < -0.3 is 19.1 Å². The fraction of sp³-hybridized carbons (Fsp3) is 0.441. The number of rotatable bonds is 8. The molecule has 0 saturated carbocycles. The summed E-state index contributed by atoms with van der Waals surface area (Å²) in [4.78, 5) is 38.9. The normalized spacial score (nSPS) is 19.4. The molecule has 236 valence electrons. The van der Waals surface area contributed by atoms with Gasteiger partial charge in [-0.15, -0.1) is 11.3 Å². The Morgan fingerprint density at radius 2 is 1.93 bits per heavy atom. The average Bonchev–Trinajstić information content (AvgIpc) is 3.48. The van der Waals surface area contributed by atoms with Crippen molar-refractivity contribution in [1.29, 1.82) is 0 Å². The summed E-state index contributed by atoms with van der Waals surface area (Å²) in [6.07, 6.45) is 5.08. The van der Waals surface area contributed by atoms with Crippen molar-refractivity contribution in [3.63, 3.8) is 0 Å². The summed E-state index contributed by atoms with van der Waals surface area (Å²) in [6.45, 7) is 6.57. The number of nitrogens with zero attached hydrogens (tertiary/aromatic N) is 4. The SMILES string of the molecule is COC(=O)c1csc2c(-c3cc(Cl)ccc3OCCN3C(=C=O)C4=C(CCC(N5CCC(OC)CC5)C4)N=C3C)cc(C)nc12. The number of ether oxygens (including phenoxy) is 3. The number of carbonyl (C=O) groups excluding carboxylic acids is 2. The van der Waals surface area contributed by atoms with E-state index in [1.807, 2.05) is 36.9 Å². The van der Waals surface area contributed by atoms with E-state index >= 15 is 0 Å². The van der Waals surface area contributed by atoms with Crippen molar-refractivity contribution in [3.8, 4) is 16.9 Å². The minimum Gasteiger partial charge on any atom is -0.491 e. The largest absolute Gasteiger partial charge is 0.491 e. The van der Waals surface area contributed by atoms with Crippen LogP contribution in [0.5, 0.6) is 5.75 Å². The predicted molar refractivity (Wildman–Crippen MR) is 177 cm³/mol. The van der Waals surface area contributed by atoms with Gasteiger partial charge in [-0.2, -0.15) is 0 Å². The van der Waals surface area contributed by atoms with Crippen molar-refractivity contribution in [3.05, 3.63) is 62.9 Å². The number of likely N-dealkylation sites (tertiary alicyclic amines) is 1. The summed E-state index contributed by atoms with van der Waals surface area (Å²) in [5.74, 6) is 3.24. The number of hydrogen-bond donors (Lipinski definition) is 0. The minimum absolute atomic E-state index is 0.300. The Bertz CT molecular complexity index is 1740. The van der Waals surface area contributed by atoms with Crippen LogP contribution in [0.1, 0.15) is 55.1 Å². The Balaban J connectivity index is 1.20. The van der Waals surface area contributed by atoms with Crippen molar-refractivity contribution < 1.29 is 23.8 Å². The Morgan fingerprint density at radius 1 is 1.13 bits per heavy atom. The number of aryl methyl sites for hydroxylation is 1. The van der Waals surface area contributed by atoms with Crippen LogP contribution < -0.4 is 4.74 Å². The third kappa shape index (κ3) is 6.30. The van der Waals surface area contributed by atoms with Crippen molar-refractivity contribution in [1.82, 2.24) is 14.8 Å². The molecule has 1 fully saturated rings. The molecule has 3 aromatic rings. The van der Waals surface area contributed by atoms with Crippen LogP contribution in [-0.4, -0.2) is 85.1 Å². The first-order valence-electron chi connectivity index (χ1n) is 15.3. The average molecular weight is 649 g/mol. The van der Waals surface area contributed by atoms with Gasteiger partial charge in [0.2, 0.25) is 0 Å². The molecule has 1 saturated heterocycles. The van der Waals surface area contributed by atoms with E-state index in [2.05, 4.69) is 15.8 Å². The number of methoxy groups -OCH3 is 2. The standard InChI is InChI=1S/C34H37ClN4O5S/c1-20-15-26(33-32(36-20)28(19-45-33)34(41)43-4)25-16-22(35)5-8-31(25)44-14-13-39-21(2)37-29-7-6-23(17-27(29)30(39)18-40)38-11-9-24(42-3)10-12-38/h5,8,15-16,19,23-24H,6-7,9-14,17H2,1-4H3. The summed E-state index contributed by atoms with van der Waals surface area (Å²) in [7, 11) is 3.15. The van der Waals surface area contributed by atoms with E-state index in [0.29, 0.717) is 52.8 Å². The van der Waals surface area contributed by atoms with Gasteiger partial charge in [0.1, 0.15) is 23.9 Å². The number of piperidine rings is 1. The van der Waals surface area contributed by atoms with Crippen LogP contribution in [0.3, 0.4) is 0 Å². The maximum Gasteiger partial charge on any atom is 0.340 e. The zero-order valence-electron chi connectivity index (χ0n) is 26.0. The maximum absolute atomic E-state index is 12.5. The third-order valence-corrected chi connectivity index (χ3v) is 10.3. The monoisotopic (exact) mass is 648 g/mol. The molecule has 3 aliphatic rings. The molecule has 1 aromatic carbocycles. The summed E-state index contributed by atoms with van der Waals surface area (Å²) < 4.78 is 17.8. The molecular weight excluding hydrogens is 612 g/mol. The Labute approximate surface area is 272 Å². The molecule has 2 aromatic heterocycles. The Hall–Kier alpha value is -3.53. The zero-order chi connectivity index (χ0) is 31.7. The van der Waals surface area contributed by atoms with E-state index in [1.165, 1.54) is 18.4 Å². The third-order valence-electron chi connectivity index (χ3n) is 9.03. The van der Waals surface area contributed by atoms with Crippen LogP contribution in [0.15, 0.2) is 51.6 Å². The lowest BCUT2D eigenvalue weighted by Crippen LogP contribution is -2.45. The van der Waals surface area contributed by atoms with Gasteiger partial charge in [-0.25, -0.2) is 14.6 Å². The van der Waals surface area contributed by atoms with E-state index in [4.69, 9.17) is 30.8 Å². The first kappa shape index (κ1) is 31.5. The molecule has 11 heteroatoms. The molecule has 0 spiro atoms. The molecule has 1 atom stereocenters. The lowest BCUT2D eigenvalue weighted by atomic mass is 9.87. The van der Waals surface area contributed by atoms with Gasteiger partial charge >= 0.3 is 5.97 Å². The van der Waals surface area contributed by atoms with E-state index in [-0.39, 0.29) is 0 Å². The lowest BCUT2D eigenvalue weighted by molar-refractivity contribution is 0.0249. The van der Waals surface area contributed by atoms with Crippen LogP contribution in [0.2, 0.25) is 5.02 Å². The molecule has 2 aliphatic heterocycles. The highest BCUT2D eigenvalue weighted by Crippen LogP contribution is 2.41. The number of carbonyl (C=O) groups is 1. The number of halogens is 1. The van der Waals surface area contributed by atoms with Gasteiger partial charge in [-0.1, -0.05) is 11.6 Å². The first-order valence-corrected chi connectivity index (χ1v) is 16.5. The second-order valence-electron chi connectivity index (χ2n) is 11.7. The number of amidine groups is 1. The van der Waals surface area contributed by atoms with Gasteiger partial charge in [-0.05, 0) is 70.2 Å². The fourth-order valence-corrected chi connectivity index (χ4v) is 7.88. The Kier molecular flexibility index (Phi) is 9.40. The summed E-state index contributed by atoms with van der Waals surface area (Å²) >= 11 is 7.90. The van der Waals surface area contributed by atoms with Gasteiger partial charge in [0, 0.05) is 64.7 Å². The van der Waals surface area contributed by atoms with E-state index in [0.717, 1.165) is 83.8 Å². The van der Waals surface area contributed by atoms with Crippen LogP contribution in [0.25, 0.3) is 21.3 Å². The molecule has 0 radical (unpaired) electrons. The zero-order valence-corrected chi connectivity index (χ0v) is 27.6. The summed E-state index contributed by atoms with van der Waals surface area (Å²) in [6, 6.07) is 7.85. The number of fused-ring (bicyclic) bond motifs is 1. The molecule has 4 heterocycles. The first-order chi connectivity index (χ1) is 21.8. The van der Waals surface area contributed by atoms with Gasteiger partial charge in [0.25, 0.3) is 0 Å². The van der Waals surface area contributed by atoms with Crippen molar-refractivity contribution >= 4 is 50.9 Å². The second kappa shape index (κ2) is 13.4. The van der Waals surface area contributed by atoms with E-state index in [9.17, 15) is 9.59 Å². The number of esters is 1. The van der Waals surface area contributed by atoms with E-state index in [1.54, 1.807) is 18.6 Å². The highest BCUT2D eigenvalue weighted by atomic mass is 35.5. The van der Waals surface area contributed by atoms with Crippen molar-refractivity contribution in [2.24, 2.45) is 4.99 Å². The summed E-state index contributed by atoms with van der Waals surface area (Å²) in [5.41, 5.74) is 6.01. The molecule has 0 N–H and O–H groups in total. The summed E-state index contributed by atoms with van der Waals surface area (Å²) in [5, 5.41) is 2.33. The molecule has 9 nitrogen and oxygen atoms in total. The van der Waals surface area contributed by atoms with E-state index < -0.39 is 5.97 Å². The van der Waals surface area contributed by atoms with Crippen molar-refractivity contribution in [2.75, 3.05) is 40.5 Å². The highest BCUT2D eigenvalue weighted by molar-refractivity contribution is 7.18. The number of aromatic nitrogens is 1.